The quantitative estimate of drug-likeness (QED) is 0.176. The lowest BCUT2D eigenvalue weighted by Gasteiger charge is -2.72. The molecule has 15 atom stereocenters. The summed E-state index contributed by atoms with van der Waals surface area (Å²) in [6.45, 7) is 4.40. The first-order valence-corrected chi connectivity index (χ1v) is 20.3. The minimum Gasteiger partial charge on any atom is -0.454 e. The Balaban J connectivity index is 1.22. The van der Waals surface area contributed by atoms with Crippen LogP contribution in [0.5, 0.6) is 0 Å². The minimum absolute atomic E-state index is 0.0129. The molecule has 6 saturated carbocycles. The fourth-order valence-electron chi connectivity index (χ4n) is 15.0. The molecule has 0 amide bonds. The number of aliphatic hydroxyl groups is 4. The second-order valence-corrected chi connectivity index (χ2v) is 18.8. The highest BCUT2D eigenvalue weighted by Crippen LogP contribution is 2.77. The van der Waals surface area contributed by atoms with Crippen molar-refractivity contribution in [1.29, 1.82) is 0 Å². The molecule has 1 spiro atoms. The van der Waals surface area contributed by atoms with Crippen LogP contribution in [-0.4, -0.2) is 74.8 Å². The zero-order chi connectivity index (χ0) is 36.4. The summed E-state index contributed by atoms with van der Waals surface area (Å²) in [4.78, 5) is 27.1. The van der Waals surface area contributed by atoms with Gasteiger partial charge in [-0.15, -0.1) is 0 Å². The predicted octanol–water partition coefficient (Wildman–Crippen LogP) is 4.49. The van der Waals surface area contributed by atoms with Crippen LogP contribution in [0.2, 0.25) is 0 Å². The van der Waals surface area contributed by atoms with Crippen LogP contribution in [0.25, 0.3) is 0 Å². The van der Waals surface area contributed by atoms with Crippen molar-refractivity contribution >= 4 is 12.3 Å². The van der Waals surface area contributed by atoms with Crippen LogP contribution in [0, 0.1) is 70.0 Å². The fourth-order valence-corrected chi connectivity index (χ4v) is 15.0. The number of rotatable bonds is 3. The molecule has 9 aliphatic rings. The summed E-state index contributed by atoms with van der Waals surface area (Å²) in [5.74, 6) is 5.43. The summed E-state index contributed by atoms with van der Waals surface area (Å²) in [5.41, 5.74) is -3.70. The van der Waals surface area contributed by atoms with Crippen LogP contribution >= 0.6 is 0 Å². The van der Waals surface area contributed by atoms with E-state index in [2.05, 4.69) is 43.1 Å². The Hall–Kier alpha value is -2.54. The average molecular weight is 712 g/mol. The Bertz CT molecular complexity index is 1750. The Morgan fingerprint density at radius 3 is 2.60 bits per heavy atom. The molecular weight excluding hydrogens is 654 g/mol. The van der Waals surface area contributed by atoms with Crippen molar-refractivity contribution in [2.75, 3.05) is 7.05 Å². The van der Waals surface area contributed by atoms with Crippen LogP contribution in [0.4, 0.5) is 0 Å². The smallest absolute Gasteiger partial charge is 0.331 e. The summed E-state index contributed by atoms with van der Waals surface area (Å²) >= 11 is 0. The topological polar surface area (TPSA) is 136 Å². The fraction of sp³-hybridized carbons (Fsp3) is 0.727. The van der Waals surface area contributed by atoms with E-state index in [-0.39, 0.29) is 42.1 Å². The van der Waals surface area contributed by atoms with Crippen molar-refractivity contribution in [2.45, 2.75) is 132 Å². The van der Waals surface area contributed by atoms with Crippen molar-refractivity contribution in [1.82, 2.24) is 5.32 Å². The molecule has 6 fully saturated rings. The standard InChI is InChI=1S/C44H57NO7/c1-25(2)27-11-12-33-35(47)13-16-41(24-46)36-14-17-40-15-7-6-9-26-8-4-5-10-28(26)20-34(45-3)31-19-29(38(40)32-21-37(48)52-39(31)32)22-43(40,50)42(36,49)23-30(18-27)44(33,41)51/h4-5,8,10,21,24-25,27,29-31,33-36,38-39,45,47,49-51H,7,11-20,22-23H2,1-3H3. The molecule has 8 nitrogen and oxygen atoms in total. The van der Waals surface area contributed by atoms with E-state index in [4.69, 9.17) is 4.74 Å². The van der Waals surface area contributed by atoms with Gasteiger partial charge in [0.15, 0.2) is 0 Å². The largest absolute Gasteiger partial charge is 0.454 e. The van der Waals surface area contributed by atoms with E-state index in [1.54, 1.807) is 6.08 Å². The van der Waals surface area contributed by atoms with Crippen molar-refractivity contribution in [3.63, 3.8) is 0 Å². The number of ether oxygens (including phenoxy) is 1. The molecule has 52 heavy (non-hydrogen) atoms. The molecule has 1 aliphatic heterocycles. The van der Waals surface area contributed by atoms with Crippen LogP contribution in [0.15, 0.2) is 35.9 Å². The number of carbonyl (C=O) groups is 2. The number of likely N-dealkylation sites (N-methyl/N-ethyl adjacent to an activating group) is 1. The monoisotopic (exact) mass is 711 g/mol. The highest BCUT2D eigenvalue weighted by molar-refractivity contribution is 5.86. The molecule has 8 heteroatoms. The van der Waals surface area contributed by atoms with Gasteiger partial charge in [-0.05, 0) is 131 Å². The van der Waals surface area contributed by atoms with E-state index in [0.29, 0.717) is 63.7 Å². The number of hydrogen-bond donors (Lipinski definition) is 5. The average Bonchev–Trinajstić information content (AvgIpc) is 3.57. The highest BCUT2D eigenvalue weighted by atomic mass is 16.5. The van der Waals surface area contributed by atoms with Gasteiger partial charge >= 0.3 is 5.97 Å². The van der Waals surface area contributed by atoms with Crippen LogP contribution < -0.4 is 5.32 Å². The number of hydrogen-bond acceptors (Lipinski definition) is 8. The Morgan fingerprint density at radius 1 is 1.02 bits per heavy atom. The van der Waals surface area contributed by atoms with E-state index in [9.17, 15) is 30.0 Å². The Kier molecular flexibility index (Phi) is 8.10. The first-order chi connectivity index (χ1) is 24.9. The molecule has 15 unspecified atom stereocenters. The summed E-state index contributed by atoms with van der Waals surface area (Å²) < 4.78 is 6.20. The maximum absolute atomic E-state index is 13.9. The summed E-state index contributed by atoms with van der Waals surface area (Å²) in [7, 11) is 1.97. The molecule has 4 bridgehead atoms. The van der Waals surface area contributed by atoms with Crippen molar-refractivity contribution in [3.05, 3.63) is 47.0 Å². The highest BCUT2D eigenvalue weighted by Gasteiger charge is 2.82. The summed E-state index contributed by atoms with van der Waals surface area (Å²) in [5, 5.41) is 56.0. The van der Waals surface area contributed by atoms with Gasteiger partial charge in [0.2, 0.25) is 0 Å². The SMILES string of the molecule is CNC1Cc2ccccc2C#CCCC23CCC4C(O)(CC5CC(C(C)C)CCC6C(O)CCC4(C=O)C56O)C2(O)CC2CC1C1OC(=O)C=C1C23. The van der Waals surface area contributed by atoms with Crippen LogP contribution in [0.1, 0.15) is 102 Å². The lowest BCUT2D eigenvalue weighted by atomic mass is 9.36. The Labute approximate surface area is 308 Å². The lowest BCUT2D eigenvalue weighted by Crippen LogP contribution is -2.80. The van der Waals surface area contributed by atoms with E-state index in [1.165, 1.54) is 0 Å². The van der Waals surface area contributed by atoms with E-state index in [0.717, 1.165) is 42.2 Å². The molecule has 1 aromatic carbocycles. The third kappa shape index (κ3) is 4.35. The molecule has 8 aliphatic carbocycles. The molecule has 280 valence electrons. The molecule has 1 heterocycles. The predicted molar refractivity (Wildman–Crippen MR) is 194 cm³/mol. The second kappa shape index (κ2) is 12.0. The lowest BCUT2D eigenvalue weighted by molar-refractivity contribution is -0.343. The van der Waals surface area contributed by atoms with E-state index in [1.807, 2.05) is 19.2 Å². The maximum atomic E-state index is 13.9. The van der Waals surface area contributed by atoms with Crippen molar-refractivity contribution < 1.29 is 34.8 Å². The Morgan fingerprint density at radius 2 is 1.83 bits per heavy atom. The maximum Gasteiger partial charge on any atom is 0.331 e. The van der Waals surface area contributed by atoms with Gasteiger partial charge in [-0.25, -0.2) is 4.79 Å². The number of benzene rings is 1. The molecule has 5 N–H and O–H groups in total. The summed E-state index contributed by atoms with van der Waals surface area (Å²) in [6, 6.07) is 8.25. The number of fused-ring (bicyclic) bond motifs is 6. The van der Waals surface area contributed by atoms with Gasteiger partial charge in [0.1, 0.15) is 18.0 Å². The third-order valence-electron chi connectivity index (χ3n) is 17.1. The van der Waals surface area contributed by atoms with E-state index >= 15 is 0 Å². The van der Waals surface area contributed by atoms with Gasteiger partial charge < -0.3 is 35.3 Å². The molecule has 0 radical (unpaired) electrons. The van der Waals surface area contributed by atoms with Crippen molar-refractivity contribution in [2.24, 2.45) is 58.2 Å². The zero-order valence-corrected chi connectivity index (χ0v) is 31.0. The van der Waals surface area contributed by atoms with E-state index < -0.39 is 57.6 Å². The van der Waals surface area contributed by atoms with Crippen LogP contribution in [0.3, 0.4) is 0 Å². The number of esters is 1. The van der Waals surface area contributed by atoms with Crippen molar-refractivity contribution in [3.8, 4) is 11.8 Å². The summed E-state index contributed by atoms with van der Waals surface area (Å²) in [6.07, 6.45) is 8.44. The third-order valence-corrected chi connectivity index (χ3v) is 17.1. The first-order valence-electron chi connectivity index (χ1n) is 20.3. The number of aliphatic hydroxyl groups excluding tert-OH is 1. The van der Waals surface area contributed by atoms with Gasteiger partial charge in [-0.1, -0.05) is 43.9 Å². The molecular formula is C44H57NO7. The van der Waals surface area contributed by atoms with Gasteiger partial charge in [-0.2, -0.15) is 0 Å². The molecule has 10 rings (SSSR count). The molecule has 0 saturated heterocycles. The zero-order valence-electron chi connectivity index (χ0n) is 31.0. The second-order valence-electron chi connectivity index (χ2n) is 18.8. The normalized spacial score (nSPS) is 50.2. The molecule has 0 aromatic heterocycles. The van der Waals surface area contributed by atoms with Gasteiger partial charge in [0, 0.05) is 47.3 Å². The van der Waals surface area contributed by atoms with Gasteiger partial charge in [0.05, 0.1) is 22.7 Å². The number of nitrogens with one attached hydrogen (secondary N) is 1. The van der Waals surface area contributed by atoms with Gasteiger partial charge in [0.25, 0.3) is 0 Å². The number of carbonyl (C=O) groups excluding carboxylic acids is 2. The van der Waals surface area contributed by atoms with Gasteiger partial charge in [-0.3, -0.25) is 0 Å². The van der Waals surface area contributed by atoms with Crippen LogP contribution in [-0.2, 0) is 20.7 Å². The minimum atomic E-state index is -1.66. The molecule has 1 aromatic rings. The first kappa shape index (κ1) is 35.2. The number of aldehydes is 1.